The zero-order valence-electron chi connectivity index (χ0n) is 12.5. The molecule has 0 aromatic carbocycles. The Kier molecular flexibility index (Phi) is 6.19. The quantitative estimate of drug-likeness (QED) is 0.676. The van der Waals surface area contributed by atoms with Crippen LogP contribution in [0.1, 0.15) is 33.0 Å². The number of ether oxygens (including phenoxy) is 1. The second-order valence-electron chi connectivity index (χ2n) is 5.32. The summed E-state index contributed by atoms with van der Waals surface area (Å²) in [6.07, 6.45) is 1.01. The lowest BCUT2D eigenvalue weighted by Crippen LogP contribution is -2.46. The first-order valence-electron chi connectivity index (χ1n) is 6.63. The number of sulfonamides is 1. The Hall–Kier alpha value is -0.890. The number of hydrogen-bond donors (Lipinski definition) is 2. The third kappa shape index (κ3) is 5.24. The normalized spacial score (nSPS) is 12.8. The van der Waals surface area contributed by atoms with Crippen molar-refractivity contribution >= 4 is 10.0 Å². The van der Waals surface area contributed by atoms with Crippen LogP contribution >= 0.6 is 0 Å². The van der Waals surface area contributed by atoms with Gasteiger partial charge in [0.25, 0.3) is 10.0 Å². The highest BCUT2D eigenvalue weighted by Gasteiger charge is 2.28. The molecule has 6 nitrogen and oxygen atoms in total. The zero-order valence-corrected chi connectivity index (χ0v) is 13.3. The van der Waals surface area contributed by atoms with Crippen molar-refractivity contribution in [1.82, 2.24) is 10.0 Å². The van der Waals surface area contributed by atoms with Gasteiger partial charge < -0.3 is 14.5 Å². The Balaban J connectivity index is 2.73. The van der Waals surface area contributed by atoms with E-state index in [0.717, 1.165) is 13.0 Å². The fraction of sp³-hybridized carbons (Fsp3) is 0.692. The summed E-state index contributed by atoms with van der Waals surface area (Å²) < 4.78 is 37.3. The molecule has 0 aliphatic heterocycles. The van der Waals surface area contributed by atoms with Crippen LogP contribution in [0.5, 0.6) is 0 Å². The molecule has 0 radical (unpaired) electrons. The molecule has 2 N–H and O–H groups in total. The van der Waals surface area contributed by atoms with Crippen LogP contribution in [0.4, 0.5) is 0 Å². The van der Waals surface area contributed by atoms with Gasteiger partial charge in [-0.15, -0.1) is 0 Å². The first-order valence-corrected chi connectivity index (χ1v) is 8.11. The van der Waals surface area contributed by atoms with Crippen LogP contribution in [0.15, 0.2) is 21.6 Å². The average Bonchev–Trinajstić information content (AvgIpc) is 2.77. The van der Waals surface area contributed by atoms with E-state index in [0.29, 0.717) is 12.3 Å². The Labute approximate surface area is 120 Å². The molecule has 0 spiro atoms. The van der Waals surface area contributed by atoms with Crippen LogP contribution in [0.2, 0.25) is 0 Å². The lowest BCUT2D eigenvalue weighted by Gasteiger charge is -2.24. The zero-order chi connectivity index (χ0) is 15.2. The van der Waals surface area contributed by atoms with Crippen molar-refractivity contribution in [3.63, 3.8) is 0 Å². The first kappa shape index (κ1) is 17.2. The fourth-order valence-corrected chi connectivity index (χ4v) is 3.14. The number of furan rings is 1. The summed E-state index contributed by atoms with van der Waals surface area (Å²) in [4.78, 5) is 0. The van der Waals surface area contributed by atoms with Gasteiger partial charge in [-0.1, -0.05) is 6.92 Å². The van der Waals surface area contributed by atoms with Gasteiger partial charge in [-0.2, -0.15) is 0 Å². The van der Waals surface area contributed by atoms with Crippen molar-refractivity contribution in [2.75, 3.05) is 20.3 Å². The summed E-state index contributed by atoms with van der Waals surface area (Å²) >= 11 is 0. The summed E-state index contributed by atoms with van der Waals surface area (Å²) in [5, 5.41) is 3.08. The highest BCUT2D eigenvalue weighted by molar-refractivity contribution is 7.89. The van der Waals surface area contributed by atoms with Crippen LogP contribution < -0.4 is 10.0 Å². The SMILES string of the molecule is CCCNCc1ccc(S(=O)(=O)NC(C)(C)COC)o1. The Morgan fingerprint density at radius 1 is 1.35 bits per heavy atom. The van der Waals surface area contributed by atoms with E-state index in [9.17, 15) is 8.42 Å². The van der Waals surface area contributed by atoms with Crippen LogP contribution in [-0.2, 0) is 21.3 Å². The monoisotopic (exact) mass is 304 g/mol. The molecule has 1 rings (SSSR count). The molecule has 1 heterocycles. The molecular weight excluding hydrogens is 280 g/mol. The summed E-state index contributed by atoms with van der Waals surface area (Å²) in [5.74, 6) is 0.600. The van der Waals surface area contributed by atoms with Crippen LogP contribution in [0, 0.1) is 0 Å². The second-order valence-corrected chi connectivity index (χ2v) is 6.93. The molecule has 0 amide bonds. The van der Waals surface area contributed by atoms with Crippen LogP contribution in [-0.4, -0.2) is 34.2 Å². The van der Waals surface area contributed by atoms with E-state index in [1.807, 2.05) is 0 Å². The Morgan fingerprint density at radius 3 is 2.65 bits per heavy atom. The van der Waals surface area contributed by atoms with Gasteiger partial charge in [-0.3, -0.25) is 0 Å². The van der Waals surface area contributed by atoms with Gasteiger partial charge >= 0.3 is 0 Å². The van der Waals surface area contributed by atoms with Gasteiger partial charge in [-0.05, 0) is 38.9 Å². The predicted octanol–water partition coefficient (Wildman–Crippen LogP) is 1.48. The smallest absolute Gasteiger partial charge is 0.274 e. The van der Waals surface area contributed by atoms with Crippen molar-refractivity contribution in [2.45, 2.75) is 44.4 Å². The molecular formula is C13H24N2O4S. The third-order valence-corrected chi connectivity index (χ3v) is 4.11. The van der Waals surface area contributed by atoms with E-state index in [1.54, 1.807) is 19.9 Å². The van der Waals surface area contributed by atoms with E-state index in [2.05, 4.69) is 17.0 Å². The molecule has 0 aliphatic carbocycles. The van der Waals surface area contributed by atoms with Gasteiger partial charge in [-0.25, -0.2) is 13.1 Å². The molecule has 0 saturated heterocycles. The topological polar surface area (TPSA) is 80.6 Å². The summed E-state index contributed by atoms with van der Waals surface area (Å²) in [5.41, 5.74) is -0.693. The lowest BCUT2D eigenvalue weighted by molar-refractivity contribution is 0.141. The van der Waals surface area contributed by atoms with Gasteiger partial charge in [0.05, 0.1) is 18.7 Å². The van der Waals surface area contributed by atoms with Crippen molar-refractivity contribution in [3.8, 4) is 0 Å². The molecule has 0 aliphatic rings. The maximum absolute atomic E-state index is 12.2. The largest absolute Gasteiger partial charge is 0.447 e. The van der Waals surface area contributed by atoms with Crippen molar-refractivity contribution in [1.29, 1.82) is 0 Å². The Bertz CT molecular complexity index is 508. The molecule has 0 bridgehead atoms. The molecule has 20 heavy (non-hydrogen) atoms. The molecule has 1 aromatic heterocycles. The Morgan fingerprint density at radius 2 is 2.05 bits per heavy atom. The molecule has 0 atom stereocenters. The van der Waals surface area contributed by atoms with E-state index >= 15 is 0 Å². The van der Waals surface area contributed by atoms with Crippen LogP contribution in [0.3, 0.4) is 0 Å². The molecule has 7 heteroatoms. The lowest BCUT2D eigenvalue weighted by atomic mass is 10.1. The third-order valence-electron chi connectivity index (χ3n) is 2.54. The maximum Gasteiger partial charge on any atom is 0.274 e. The highest BCUT2D eigenvalue weighted by Crippen LogP contribution is 2.16. The van der Waals surface area contributed by atoms with Gasteiger partial charge in [0.2, 0.25) is 5.09 Å². The number of hydrogen-bond acceptors (Lipinski definition) is 5. The van der Waals surface area contributed by atoms with Crippen molar-refractivity contribution in [2.24, 2.45) is 0 Å². The van der Waals surface area contributed by atoms with Crippen molar-refractivity contribution < 1.29 is 17.6 Å². The number of methoxy groups -OCH3 is 1. The van der Waals surface area contributed by atoms with Crippen molar-refractivity contribution in [3.05, 3.63) is 17.9 Å². The van der Waals surface area contributed by atoms with Crippen LogP contribution in [0.25, 0.3) is 0 Å². The predicted molar refractivity (Wildman–Crippen MR) is 77.0 cm³/mol. The second kappa shape index (κ2) is 7.21. The summed E-state index contributed by atoms with van der Waals surface area (Å²) in [6, 6.07) is 3.13. The number of rotatable bonds is 9. The standard InChI is InChI=1S/C13H24N2O4S/c1-5-8-14-9-11-6-7-12(19-11)20(16,17)15-13(2,3)10-18-4/h6-7,14-15H,5,8-10H2,1-4H3. The number of nitrogens with one attached hydrogen (secondary N) is 2. The molecule has 0 unspecified atom stereocenters. The molecule has 0 saturated carbocycles. The molecule has 116 valence electrons. The van der Waals surface area contributed by atoms with E-state index < -0.39 is 15.6 Å². The first-order chi connectivity index (χ1) is 9.30. The minimum atomic E-state index is -3.67. The van der Waals surface area contributed by atoms with E-state index in [1.165, 1.54) is 13.2 Å². The molecule has 1 aromatic rings. The van der Waals surface area contributed by atoms with Gasteiger partial charge in [0.1, 0.15) is 5.76 Å². The maximum atomic E-state index is 12.2. The van der Waals surface area contributed by atoms with E-state index in [-0.39, 0.29) is 11.7 Å². The summed E-state index contributed by atoms with van der Waals surface area (Å²) in [7, 11) is -2.15. The van der Waals surface area contributed by atoms with E-state index in [4.69, 9.17) is 9.15 Å². The minimum absolute atomic E-state index is 0.0741. The van der Waals surface area contributed by atoms with Gasteiger partial charge in [0, 0.05) is 7.11 Å². The minimum Gasteiger partial charge on any atom is -0.447 e. The summed E-state index contributed by atoms with van der Waals surface area (Å²) in [6.45, 7) is 7.22. The highest BCUT2D eigenvalue weighted by atomic mass is 32.2. The fourth-order valence-electron chi connectivity index (χ4n) is 1.79. The average molecular weight is 304 g/mol. The van der Waals surface area contributed by atoms with Gasteiger partial charge in [0.15, 0.2) is 0 Å². The molecule has 0 fully saturated rings.